The van der Waals surface area contributed by atoms with Crippen LogP contribution in [0.4, 0.5) is 4.79 Å². The number of hydrogen-bond acceptors (Lipinski definition) is 3. The van der Waals surface area contributed by atoms with E-state index in [2.05, 4.69) is 0 Å². The van der Waals surface area contributed by atoms with Gasteiger partial charge < -0.3 is 10.0 Å². The molecule has 0 atom stereocenters. The zero-order valence-corrected chi connectivity index (χ0v) is 13.0. The van der Waals surface area contributed by atoms with Gasteiger partial charge in [-0.15, -0.1) is 0 Å². The minimum absolute atomic E-state index is 0.214. The monoisotopic (exact) mass is 304 g/mol. The number of benzene rings is 1. The third-order valence-electron chi connectivity index (χ3n) is 3.68. The van der Waals surface area contributed by atoms with Crippen LogP contribution in [0.25, 0.3) is 0 Å². The van der Waals surface area contributed by atoms with Crippen LogP contribution in [0.1, 0.15) is 47.9 Å². The van der Waals surface area contributed by atoms with Crippen LogP contribution in [0.3, 0.4) is 0 Å². The average molecular weight is 304 g/mol. The first kappa shape index (κ1) is 16.0. The second kappa shape index (κ2) is 5.79. The lowest BCUT2D eigenvalue weighted by Gasteiger charge is -2.33. The maximum Gasteiger partial charge on any atom is 0.407 e. The van der Waals surface area contributed by atoms with E-state index in [0.717, 1.165) is 0 Å². The highest BCUT2D eigenvalue weighted by Crippen LogP contribution is 2.23. The number of carbonyl (C=O) groups is 3. The number of nitrogens with zero attached hydrogens (tertiary/aromatic N) is 2. The summed E-state index contributed by atoms with van der Waals surface area (Å²) in [4.78, 5) is 38.1. The molecule has 22 heavy (non-hydrogen) atoms. The summed E-state index contributed by atoms with van der Waals surface area (Å²) in [5.74, 6) is -0.614. The Morgan fingerprint density at radius 2 is 1.64 bits per heavy atom. The van der Waals surface area contributed by atoms with Gasteiger partial charge in [-0.05, 0) is 39.3 Å². The van der Waals surface area contributed by atoms with E-state index in [4.69, 9.17) is 0 Å². The minimum Gasteiger partial charge on any atom is -0.465 e. The molecular formula is C16H20N2O4. The van der Waals surface area contributed by atoms with Crippen molar-refractivity contribution in [3.8, 4) is 0 Å². The van der Waals surface area contributed by atoms with E-state index in [0.29, 0.717) is 17.5 Å². The Kier molecular flexibility index (Phi) is 4.21. The summed E-state index contributed by atoms with van der Waals surface area (Å²) >= 11 is 0. The molecule has 1 heterocycles. The Morgan fingerprint density at radius 1 is 1.14 bits per heavy atom. The molecular weight excluding hydrogens is 284 g/mol. The number of imide groups is 1. The molecule has 0 fully saturated rings. The fraction of sp³-hybridized carbons (Fsp3) is 0.438. The third kappa shape index (κ3) is 2.95. The van der Waals surface area contributed by atoms with E-state index in [1.54, 1.807) is 24.3 Å². The highest BCUT2D eigenvalue weighted by molar-refractivity contribution is 6.21. The van der Waals surface area contributed by atoms with Crippen LogP contribution in [0.5, 0.6) is 0 Å². The van der Waals surface area contributed by atoms with Gasteiger partial charge in [0.15, 0.2) is 0 Å². The maximum absolute atomic E-state index is 12.2. The smallest absolute Gasteiger partial charge is 0.407 e. The molecule has 0 saturated carbocycles. The molecule has 1 aromatic carbocycles. The summed E-state index contributed by atoms with van der Waals surface area (Å²) in [5.41, 5.74) is 0.310. The predicted octanol–water partition coefficient (Wildman–Crippen LogP) is 2.45. The molecule has 0 aromatic heterocycles. The molecule has 6 nitrogen and oxygen atoms in total. The lowest BCUT2D eigenvalue weighted by molar-refractivity contribution is 0.0638. The minimum atomic E-state index is -1.00. The number of rotatable bonds is 4. The van der Waals surface area contributed by atoms with Gasteiger partial charge in [-0.2, -0.15) is 0 Å². The summed E-state index contributed by atoms with van der Waals surface area (Å²) in [6.45, 7) is 5.91. The van der Waals surface area contributed by atoms with Crippen molar-refractivity contribution in [3.63, 3.8) is 0 Å². The van der Waals surface area contributed by atoms with E-state index >= 15 is 0 Å². The maximum atomic E-state index is 12.2. The molecule has 6 heteroatoms. The molecule has 3 amide bonds. The summed E-state index contributed by atoms with van der Waals surface area (Å²) in [6.07, 6.45) is -0.593. The van der Waals surface area contributed by atoms with Crippen LogP contribution in [-0.4, -0.2) is 51.4 Å². The molecule has 1 aromatic rings. The van der Waals surface area contributed by atoms with Crippen molar-refractivity contribution in [2.45, 2.75) is 32.7 Å². The van der Waals surface area contributed by atoms with Crippen molar-refractivity contribution in [2.24, 2.45) is 0 Å². The van der Waals surface area contributed by atoms with E-state index in [1.807, 2.05) is 20.8 Å². The van der Waals surface area contributed by atoms with Crippen molar-refractivity contribution in [1.82, 2.24) is 9.80 Å². The molecule has 0 radical (unpaired) electrons. The molecule has 0 unspecified atom stereocenters. The van der Waals surface area contributed by atoms with Crippen molar-refractivity contribution in [3.05, 3.63) is 35.4 Å². The van der Waals surface area contributed by atoms with E-state index < -0.39 is 11.6 Å². The van der Waals surface area contributed by atoms with Crippen LogP contribution in [0.2, 0.25) is 0 Å². The standard InChI is InChI=1S/C16H20N2O4/c1-16(2,3)18(15(21)22)10-6-9-17-13(19)11-7-4-5-8-12(11)14(17)20/h4-5,7-8H,6,9-10H2,1-3H3,(H,21,22). The third-order valence-corrected chi connectivity index (χ3v) is 3.68. The summed E-state index contributed by atoms with van der Waals surface area (Å²) in [7, 11) is 0. The van der Waals surface area contributed by atoms with Crippen molar-refractivity contribution in [2.75, 3.05) is 13.1 Å². The lowest BCUT2D eigenvalue weighted by Crippen LogP contribution is -2.46. The van der Waals surface area contributed by atoms with Gasteiger partial charge in [-0.25, -0.2) is 4.79 Å². The van der Waals surface area contributed by atoms with Gasteiger partial charge in [0.1, 0.15) is 0 Å². The fourth-order valence-electron chi connectivity index (χ4n) is 2.55. The van der Waals surface area contributed by atoms with Crippen LogP contribution >= 0.6 is 0 Å². The van der Waals surface area contributed by atoms with Gasteiger partial charge in [0.05, 0.1) is 11.1 Å². The SMILES string of the molecule is CC(C)(C)N(CCCN1C(=O)c2ccccc2C1=O)C(=O)O. The van der Waals surface area contributed by atoms with Gasteiger partial charge in [-0.3, -0.25) is 14.5 Å². The van der Waals surface area contributed by atoms with E-state index in [1.165, 1.54) is 9.80 Å². The molecule has 1 aliphatic rings. The Labute approximate surface area is 129 Å². The van der Waals surface area contributed by atoms with E-state index in [9.17, 15) is 19.5 Å². The molecule has 0 saturated heterocycles. The van der Waals surface area contributed by atoms with E-state index in [-0.39, 0.29) is 24.9 Å². The highest BCUT2D eigenvalue weighted by Gasteiger charge is 2.35. The van der Waals surface area contributed by atoms with Crippen LogP contribution in [0.15, 0.2) is 24.3 Å². The average Bonchev–Trinajstić information content (AvgIpc) is 2.66. The van der Waals surface area contributed by atoms with Crippen LogP contribution in [0, 0.1) is 0 Å². The number of carboxylic acid groups (broad SMARTS) is 1. The van der Waals surface area contributed by atoms with Gasteiger partial charge in [0.25, 0.3) is 11.8 Å². The molecule has 0 aliphatic carbocycles. The molecule has 1 N–H and O–H groups in total. The zero-order chi connectivity index (χ0) is 16.5. The zero-order valence-electron chi connectivity index (χ0n) is 13.0. The van der Waals surface area contributed by atoms with Gasteiger partial charge in [0.2, 0.25) is 0 Å². The predicted molar refractivity (Wildman–Crippen MR) is 80.9 cm³/mol. The molecule has 0 spiro atoms. The first-order chi connectivity index (χ1) is 10.2. The summed E-state index contributed by atoms with van der Waals surface area (Å²) in [6, 6.07) is 6.71. The highest BCUT2D eigenvalue weighted by atomic mass is 16.4. The molecule has 2 rings (SSSR count). The number of hydrogen-bond donors (Lipinski definition) is 1. The number of fused-ring (bicyclic) bond motifs is 1. The Hall–Kier alpha value is -2.37. The second-order valence-corrected chi connectivity index (χ2v) is 6.27. The van der Waals surface area contributed by atoms with Crippen molar-refractivity contribution in [1.29, 1.82) is 0 Å². The Morgan fingerprint density at radius 3 is 2.05 bits per heavy atom. The van der Waals surface area contributed by atoms with Crippen molar-refractivity contribution < 1.29 is 19.5 Å². The van der Waals surface area contributed by atoms with Crippen LogP contribution in [-0.2, 0) is 0 Å². The van der Waals surface area contributed by atoms with Gasteiger partial charge >= 0.3 is 6.09 Å². The largest absolute Gasteiger partial charge is 0.465 e. The molecule has 0 bridgehead atoms. The Bertz CT molecular complexity index is 584. The quantitative estimate of drug-likeness (QED) is 0.867. The second-order valence-electron chi connectivity index (χ2n) is 6.27. The van der Waals surface area contributed by atoms with Gasteiger partial charge in [0, 0.05) is 18.6 Å². The summed E-state index contributed by atoms with van der Waals surface area (Å²) < 4.78 is 0. The lowest BCUT2D eigenvalue weighted by atomic mass is 10.1. The number of carbonyl (C=O) groups excluding carboxylic acids is 2. The fourth-order valence-corrected chi connectivity index (χ4v) is 2.55. The molecule has 1 aliphatic heterocycles. The van der Waals surface area contributed by atoms with Crippen LogP contribution < -0.4 is 0 Å². The normalized spacial score (nSPS) is 14.2. The first-order valence-corrected chi connectivity index (χ1v) is 7.19. The first-order valence-electron chi connectivity index (χ1n) is 7.19. The number of amides is 3. The van der Waals surface area contributed by atoms with Gasteiger partial charge in [-0.1, -0.05) is 12.1 Å². The molecule has 118 valence electrons. The summed E-state index contributed by atoms with van der Waals surface area (Å²) in [5, 5.41) is 9.23. The Balaban J connectivity index is 2.01. The topological polar surface area (TPSA) is 77.9 Å². The van der Waals surface area contributed by atoms with Crippen molar-refractivity contribution >= 4 is 17.9 Å².